The van der Waals surface area contributed by atoms with Gasteiger partial charge in [-0.05, 0) is 56.7 Å². The van der Waals surface area contributed by atoms with Crippen LogP contribution in [0.5, 0.6) is 0 Å². The summed E-state index contributed by atoms with van der Waals surface area (Å²) in [5, 5.41) is 3.20. The van der Waals surface area contributed by atoms with Crippen molar-refractivity contribution in [2.45, 2.75) is 46.6 Å². The van der Waals surface area contributed by atoms with Crippen molar-refractivity contribution in [2.24, 2.45) is 0 Å². The van der Waals surface area contributed by atoms with Crippen molar-refractivity contribution < 1.29 is 9.28 Å². The molecule has 1 N–H and O–H groups in total. The summed E-state index contributed by atoms with van der Waals surface area (Å²) in [6.07, 6.45) is 3.71. The third-order valence-corrected chi connectivity index (χ3v) is 5.76. The van der Waals surface area contributed by atoms with Crippen molar-refractivity contribution in [3.63, 3.8) is 0 Å². The van der Waals surface area contributed by atoms with Crippen LogP contribution in [0.1, 0.15) is 41.5 Å². The molecular formula is C23H31N2O+. The van der Waals surface area contributed by atoms with Gasteiger partial charge in [-0.2, -0.15) is 0 Å². The van der Waals surface area contributed by atoms with Gasteiger partial charge < -0.3 is 9.80 Å². The number of hydrogen-bond acceptors (Lipinski definition) is 1. The Balaban J connectivity index is 1.78. The van der Waals surface area contributed by atoms with Gasteiger partial charge in [-0.3, -0.25) is 4.79 Å². The number of benzene rings is 2. The molecule has 1 fully saturated rings. The van der Waals surface area contributed by atoms with Gasteiger partial charge in [0, 0.05) is 11.3 Å². The number of likely N-dealkylation sites (tertiary alicyclic amines) is 1. The molecule has 2 aromatic carbocycles. The lowest BCUT2D eigenvalue weighted by Crippen LogP contribution is -2.54. The van der Waals surface area contributed by atoms with Gasteiger partial charge in [0.05, 0.1) is 13.1 Å². The Morgan fingerprint density at radius 2 is 1.50 bits per heavy atom. The number of carbonyl (C=O) groups is 1. The quantitative estimate of drug-likeness (QED) is 0.774. The SMILES string of the molecule is Cc1ccccc1C[N+]1(CC(=O)Nc2c(C)cccc2C)CCCCC1. The summed E-state index contributed by atoms with van der Waals surface area (Å²) in [4.78, 5) is 12.9. The van der Waals surface area contributed by atoms with Crippen LogP contribution in [0.3, 0.4) is 0 Å². The fourth-order valence-corrected chi connectivity index (χ4v) is 4.20. The van der Waals surface area contributed by atoms with E-state index in [0.29, 0.717) is 6.54 Å². The van der Waals surface area contributed by atoms with Crippen LogP contribution >= 0.6 is 0 Å². The molecule has 0 radical (unpaired) electrons. The Bertz CT molecular complexity index is 755. The van der Waals surface area contributed by atoms with Crippen LogP contribution in [0.4, 0.5) is 5.69 Å². The molecule has 3 nitrogen and oxygen atoms in total. The number of hydrogen-bond donors (Lipinski definition) is 1. The van der Waals surface area contributed by atoms with Gasteiger partial charge in [-0.15, -0.1) is 0 Å². The minimum atomic E-state index is 0.137. The van der Waals surface area contributed by atoms with Crippen LogP contribution in [-0.4, -0.2) is 30.0 Å². The molecule has 0 aliphatic carbocycles. The first kappa shape index (κ1) is 18.7. The number of anilines is 1. The zero-order valence-corrected chi connectivity index (χ0v) is 16.3. The lowest BCUT2D eigenvalue weighted by atomic mass is 10.0. The summed E-state index contributed by atoms with van der Waals surface area (Å²) in [7, 11) is 0. The number of amides is 1. The Morgan fingerprint density at radius 1 is 0.885 bits per heavy atom. The molecular weight excluding hydrogens is 320 g/mol. The van der Waals surface area contributed by atoms with Crippen molar-refractivity contribution >= 4 is 11.6 Å². The molecule has 1 saturated heterocycles. The fraction of sp³-hybridized carbons (Fsp3) is 0.435. The van der Waals surface area contributed by atoms with Crippen LogP contribution in [0.15, 0.2) is 42.5 Å². The highest BCUT2D eigenvalue weighted by atomic mass is 16.2. The van der Waals surface area contributed by atoms with Crippen molar-refractivity contribution in [1.82, 2.24) is 0 Å². The summed E-state index contributed by atoms with van der Waals surface area (Å²) in [6, 6.07) is 14.7. The van der Waals surface area contributed by atoms with E-state index < -0.39 is 0 Å². The van der Waals surface area contributed by atoms with E-state index in [0.717, 1.165) is 40.9 Å². The number of piperidine rings is 1. The average Bonchev–Trinajstić information content (AvgIpc) is 2.61. The first-order chi connectivity index (χ1) is 12.5. The summed E-state index contributed by atoms with van der Waals surface area (Å²) in [6.45, 7) is 9.98. The van der Waals surface area contributed by atoms with Crippen molar-refractivity contribution in [1.29, 1.82) is 0 Å². The maximum Gasteiger partial charge on any atom is 0.279 e. The normalized spacial score (nSPS) is 16.3. The van der Waals surface area contributed by atoms with Crippen LogP contribution in [-0.2, 0) is 11.3 Å². The minimum Gasteiger partial charge on any atom is -0.321 e. The van der Waals surface area contributed by atoms with Gasteiger partial charge in [-0.25, -0.2) is 0 Å². The van der Waals surface area contributed by atoms with Crippen molar-refractivity contribution in [2.75, 3.05) is 25.0 Å². The largest absolute Gasteiger partial charge is 0.321 e. The Labute approximate surface area is 157 Å². The highest BCUT2D eigenvalue weighted by Crippen LogP contribution is 2.25. The summed E-state index contributed by atoms with van der Waals surface area (Å²) in [5.41, 5.74) is 5.92. The van der Waals surface area contributed by atoms with E-state index in [1.807, 2.05) is 6.07 Å². The van der Waals surface area contributed by atoms with E-state index in [1.54, 1.807) is 0 Å². The topological polar surface area (TPSA) is 29.1 Å². The third-order valence-electron chi connectivity index (χ3n) is 5.76. The van der Waals surface area contributed by atoms with E-state index in [2.05, 4.69) is 62.5 Å². The van der Waals surface area contributed by atoms with E-state index in [4.69, 9.17) is 0 Å². The highest BCUT2D eigenvalue weighted by molar-refractivity contribution is 5.93. The summed E-state index contributed by atoms with van der Waals surface area (Å²) < 4.78 is 0.877. The molecule has 3 heteroatoms. The first-order valence-electron chi connectivity index (χ1n) is 9.75. The number of nitrogens with zero attached hydrogens (tertiary/aromatic N) is 1. The molecule has 26 heavy (non-hydrogen) atoms. The van der Waals surface area contributed by atoms with Crippen LogP contribution < -0.4 is 5.32 Å². The predicted molar refractivity (Wildman–Crippen MR) is 108 cm³/mol. The number of carbonyl (C=O) groups excluding carboxylic acids is 1. The summed E-state index contributed by atoms with van der Waals surface area (Å²) >= 11 is 0. The first-order valence-corrected chi connectivity index (χ1v) is 9.75. The zero-order chi connectivity index (χ0) is 18.6. The smallest absolute Gasteiger partial charge is 0.279 e. The van der Waals surface area contributed by atoms with Gasteiger partial charge in [0.25, 0.3) is 5.91 Å². The highest BCUT2D eigenvalue weighted by Gasteiger charge is 2.33. The van der Waals surface area contributed by atoms with Gasteiger partial charge in [-0.1, -0.05) is 42.5 Å². The number of quaternary nitrogens is 1. The standard InChI is InChI=1S/C23H30N2O/c1-18-10-5-6-13-21(18)16-25(14-7-4-8-15-25)17-22(26)24-23-19(2)11-9-12-20(23)3/h5-6,9-13H,4,7-8,14-17H2,1-3H3/p+1. The molecule has 0 saturated carbocycles. The fourth-order valence-electron chi connectivity index (χ4n) is 4.20. The Hall–Kier alpha value is -2.13. The number of para-hydroxylation sites is 1. The van der Waals surface area contributed by atoms with E-state index in [1.165, 1.54) is 30.4 Å². The lowest BCUT2D eigenvalue weighted by molar-refractivity contribution is -0.937. The van der Waals surface area contributed by atoms with Crippen molar-refractivity contribution in [3.8, 4) is 0 Å². The van der Waals surface area contributed by atoms with Gasteiger partial charge in [0.1, 0.15) is 6.54 Å². The second kappa shape index (κ2) is 8.05. The van der Waals surface area contributed by atoms with Crippen LogP contribution in [0, 0.1) is 20.8 Å². The lowest BCUT2D eigenvalue weighted by Gasteiger charge is -2.41. The molecule has 3 rings (SSSR count). The molecule has 138 valence electrons. The maximum absolute atomic E-state index is 12.9. The predicted octanol–water partition coefficient (Wildman–Crippen LogP) is 4.75. The molecule has 0 bridgehead atoms. The van der Waals surface area contributed by atoms with Gasteiger partial charge in [0.15, 0.2) is 6.54 Å². The number of nitrogens with one attached hydrogen (secondary N) is 1. The van der Waals surface area contributed by atoms with Crippen LogP contribution in [0.25, 0.3) is 0 Å². The second-order valence-corrected chi connectivity index (χ2v) is 7.91. The number of aryl methyl sites for hydroxylation is 3. The van der Waals surface area contributed by atoms with Gasteiger partial charge >= 0.3 is 0 Å². The Kier molecular flexibility index (Phi) is 5.77. The zero-order valence-electron chi connectivity index (χ0n) is 16.3. The average molecular weight is 352 g/mol. The molecule has 0 spiro atoms. The summed E-state index contributed by atoms with van der Waals surface area (Å²) in [5.74, 6) is 0.137. The molecule has 0 unspecified atom stereocenters. The molecule has 1 aliphatic rings. The van der Waals surface area contributed by atoms with Crippen LogP contribution in [0.2, 0.25) is 0 Å². The third kappa shape index (κ3) is 4.34. The van der Waals surface area contributed by atoms with E-state index >= 15 is 0 Å². The molecule has 1 amide bonds. The maximum atomic E-state index is 12.9. The van der Waals surface area contributed by atoms with E-state index in [9.17, 15) is 4.79 Å². The minimum absolute atomic E-state index is 0.137. The van der Waals surface area contributed by atoms with Crippen molar-refractivity contribution in [3.05, 3.63) is 64.7 Å². The second-order valence-electron chi connectivity index (χ2n) is 7.91. The van der Waals surface area contributed by atoms with Gasteiger partial charge in [0.2, 0.25) is 0 Å². The monoisotopic (exact) mass is 351 g/mol. The molecule has 1 heterocycles. The number of rotatable bonds is 5. The molecule has 1 aliphatic heterocycles. The molecule has 0 atom stereocenters. The molecule has 2 aromatic rings. The Morgan fingerprint density at radius 3 is 2.15 bits per heavy atom. The molecule has 0 aromatic heterocycles. The van der Waals surface area contributed by atoms with E-state index in [-0.39, 0.29) is 5.91 Å².